The molecule has 2 amide bonds. The maximum atomic E-state index is 13.3. The van der Waals surface area contributed by atoms with Crippen LogP contribution in [-0.2, 0) is 4.79 Å². The number of rotatable bonds is 5. The number of piperazine rings is 1. The van der Waals surface area contributed by atoms with Crippen molar-refractivity contribution in [1.82, 2.24) is 14.9 Å². The highest BCUT2D eigenvalue weighted by atomic mass is 32.2. The van der Waals surface area contributed by atoms with Gasteiger partial charge in [0, 0.05) is 56.1 Å². The van der Waals surface area contributed by atoms with Gasteiger partial charge in [0.1, 0.15) is 0 Å². The van der Waals surface area contributed by atoms with E-state index in [2.05, 4.69) is 14.9 Å². The van der Waals surface area contributed by atoms with E-state index in [1.807, 2.05) is 47.4 Å². The minimum Gasteiger partial charge on any atom is -0.493 e. The van der Waals surface area contributed by atoms with Crippen LogP contribution in [-0.4, -0.2) is 74.1 Å². The molecule has 0 unspecified atom stereocenters. The van der Waals surface area contributed by atoms with E-state index in [-0.39, 0.29) is 11.8 Å². The van der Waals surface area contributed by atoms with Gasteiger partial charge >= 0.3 is 0 Å². The molecule has 3 heterocycles. The van der Waals surface area contributed by atoms with Gasteiger partial charge in [0.15, 0.2) is 11.5 Å². The number of nitrogens with zero attached hydrogens (tertiary/aromatic N) is 5. The molecule has 0 N–H and O–H groups in total. The van der Waals surface area contributed by atoms with Crippen LogP contribution in [0, 0.1) is 0 Å². The summed E-state index contributed by atoms with van der Waals surface area (Å²) in [5.74, 6) is 1.72. The van der Waals surface area contributed by atoms with Gasteiger partial charge in [0.2, 0.25) is 5.95 Å². The number of anilines is 2. The fraction of sp³-hybridized carbons (Fsp3) is 0.259. The third-order valence-corrected chi connectivity index (χ3v) is 7.49. The zero-order valence-corrected chi connectivity index (χ0v) is 21.7. The highest BCUT2D eigenvalue weighted by Crippen LogP contribution is 2.42. The van der Waals surface area contributed by atoms with Crippen molar-refractivity contribution in [1.29, 1.82) is 0 Å². The van der Waals surface area contributed by atoms with Gasteiger partial charge in [-0.25, -0.2) is 9.97 Å². The van der Waals surface area contributed by atoms with E-state index >= 15 is 0 Å². The first-order chi connectivity index (χ1) is 18.0. The Balaban J connectivity index is 1.32. The van der Waals surface area contributed by atoms with E-state index in [4.69, 9.17) is 9.47 Å². The molecule has 0 spiro atoms. The van der Waals surface area contributed by atoms with Crippen molar-refractivity contribution < 1.29 is 19.1 Å². The molecule has 190 valence electrons. The number of carbonyl (C=O) groups excluding carboxylic acids is 2. The van der Waals surface area contributed by atoms with Crippen LogP contribution in [0.25, 0.3) is 6.08 Å². The number of hydrogen-bond donors (Lipinski definition) is 0. The molecule has 2 aromatic carbocycles. The Hall–Kier alpha value is -4.05. The van der Waals surface area contributed by atoms with Crippen molar-refractivity contribution >= 4 is 41.3 Å². The second-order valence-corrected chi connectivity index (χ2v) is 9.68. The van der Waals surface area contributed by atoms with Crippen LogP contribution < -0.4 is 19.3 Å². The molecule has 0 atom stereocenters. The summed E-state index contributed by atoms with van der Waals surface area (Å²) in [5, 5.41) is 0. The van der Waals surface area contributed by atoms with E-state index in [0.29, 0.717) is 54.1 Å². The number of amides is 2. The lowest BCUT2D eigenvalue weighted by Gasteiger charge is -2.35. The molecule has 10 heteroatoms. The first kappa shape index (κ1) is 24.6. The molecule has 1 fully saturated rings. The molecule has 2 aliphatic rings. The van der Waals surface area contributed by atoms with Gasteiger partial charge in [-0.05, 0) is 48.0 Å². The topological polar surface area (TPSA) is 88.1 Å². The highest BCUT2D eigenvalue weighted by molar-refractivity contribution is 8.04. The van der Waals surface area contributed by atoms with Crippen LogP contribution in [0.15, 0.2) is 64.7 Å². The fourth-order valence-corrected chi connectivity index (χ4v) is 5.46. The maximum absolute atomic E-state index is 13.3. The van der Waals surface area contributed by atoms with Gasteiger partial charge in [-0.1, -0.05) is 17.8 Å². The molecule has 2 aliphatic heterocycles. The average molecular weight is 518 g/mol. The summed E-state index contributed by atoms with van der Waals surface area (Å²) in [6.45, 7) is 2.49. The predicted octanol–water partition coefficient (Wildman–Crippen LogP) is 3.57. The molecule has 3 aromatic rings. The van der Waals surface area contributed by atoms with E-state index in [1.54, 1.807) is 44.6 Å². The standard InChI is InChI=1S/C27H27N5O4S/c1-30-20-17-19(25(33)31-11-13-32(14-12-31)27-28-9-4-10-29-27)6-8-23(20)37-24(26(30)34)16-18-5-7-21(35-2)22(15-18)36-3/h4-10,15-17H,11-14H2,1-3H3/b24-16+. The number of likely N-dealkylation sites (N-methyl/N-ethyl adjacent to an activating group) is 1. The Kier molecular flexibility index (Phi) is 7.00. The van der Waals surface area contributed by atoms with Crippen molar-refractivity contribution in [2.75, 3.05) is 57.2 Å². The molecule has 1 aromatic heterocycles. The Morgan fingerprint density at radius 2 is 1.70 bits per heavy atom. The van der Waals surface area contributed by atoms with Crippen LogP contribution in [0.5, 0.6) is 11.5 Å². The molecule has 0 aliphatic carbocycles. The summed E-state index contributed by atoms with van der Waals surface area (Å²) in [7, 11) is 4.90. The van der Waals surface area contributed by atoms with Crippen LogP contribution in [0.4, 0.5) is 11.6 Å². The van der Waals surface area contributed by atoms with E-state index in [0.717, 1.165) is 16.1 Å². The van der Waals surface area contributed by atoms with Crippen molar-refractivity contribution in [2.24, 2.45) is 0 Å². The molecule has 0 radical (unpaired) electrons. The van der Waals surface area contributed by atoms with Gasteiger partial charge in [-0.15, -0.1) is 0 Å². The monoisotopic (exact) mass is 517 g/mol. The second kappa shape index (κ2) is 10.5. The summed E-state index contributed by atoms with van der Waals surface area (Å²) < 4.78 is 10.7. The zero-order chi connectivity index (χ0) is 25.9. The second-order valence-electron chi connectivity index (χ2n) is 8.60. The van der Waals surface area contributed by atoms with Crippen LogP contribution in [0.2, 0.25) is 0 Å². The maximum Gasteiger partial charge on any atom is 0.264 e. The normalized spacial score (nSPS) is 16.6. The number of fused-ring (bicyclic) bond motifs is 1. The molecule has 1 saturated heterocycles. The lowest BCUT2D eigenvalue weighted by molar-refractivity contribution is -0.114. The molecular formula is C27H27N5O4S. The Morgan fingerprint density at radius 3 is 2.41 bits per heavy atom. The number of carbonyl (C=O) groups is 2. The third-order valence-electron chi connectivity index (χ3n) is 6.41. The number of hydrogen-bond acceptors (Lipinski definition) is 8. The molecule has 0 bridgehead atoms. The third kappa shape index (κ3) is 4.97. The van der Waals surface area contributed by atoms with Crippen molar-refractivity contribution in [3.63, 3.8) is 0 Å². The molecule has 37 heavy (non-hydrogen) atoms. The number of thioether (sulfide) groups is 1. The lowest BCUT2D eigenvalue weighted by Crippen LogP contribution is -2.49. The smallest absolute Gasteiger partial charge is 0.264 e. The van der Waals surface area contributed by atoms with Gasteiger partial charge in [-0.2, -0.15) is 0 Å². The number of aromatic nitrogens is 2. The number of ether oxygens (including phenoxy) is 2. The SMILES string of the molecule is COc1ccc(/C=C2/Sc3ccc(C(=O)N4CCN(c5ncccn5)CC4)cc3N(C)C2=O)cc1OC. The van der Waals surface area contributed by atoms with Crippen molar-refractivity contribution in [3.8, 4) is 11.5 Å². The zero-order valence-electron chi connectivity index (χ0n) is 20.9. The predicted molar refractivity (Wildman–Crippen MR) is 143 cm³/mol. The Labute approximate surface area is 219 Å². The first-order valence-electron chi connectivity index (χ1n) is 11.8. The molecular weight excluding hydrogens is 490 g/mol. The largest absolute Gasteiger partial charge is 0.493 e. The molecule has 5 rings (SSSR count). The summed E-state index contributed by atoms with van der Waals surface area (Å²) >= 11 is 1.39. The summed E-state index contributed by atoms with van der Waals surface area (Å²) in [6.07, 6.45) is 5.28. The van der Waals surface area contributed by atoms with Crippen LogP contribution in [0.1, 0.15) is 15.9 Å². The summed E-state index contributed by atoms with van der Waals surface area (Å²) in [6, 6.07) is 12.9. The van der Waals surface area contributed by atoms with E-state index in [9.17, 15) is 9.59 Å². The van der Waals surface area contributed by atoms with E-state index in [1.165, 1.54) is 11.8 Å². The minimum absolute atomic E-state index is 0.0473. The van der Waals surface area contributed by atoms with E-state index < -0.39 is 0 Å². The average Bonchev–Trinajstić information content (AvgIpc) is 2.95. The number of benzene rings is 2. The Morgan fingerprint density at radius 1 is 0.973 bits per heavy atom. The molecule has 9 nitrogen and oxygen atoms in total. The summed E-state index contributed by atoms with van der Waals surface area (Å²) in [4.78, 5) is 42.1. The lowest BCUT2D eigenvalue weighted by atomic mass is 10.1. The van der Waals surface area contributed by atoms with Crippen molar-refractivity contribution in [2.45, 2.75) is 4.90 Å². The van der Waals surface area contributed by atoms with Crippen molar-refractivity contribution in [3.05, 3.63) is 70.9 Å². The van der Waals surface area contributed by atoms with Gasteiger partial charge in [-0.3, -0.25) is 9.59 Å². The molecule has 0 saturated carbocycles. The fourth-order valence-electron chi connectivity index (χ4n) is 4.37. The van der Waals surface area contributed by atoms with Gasteiger partial charge < -0.3 is 24.2 Å². The summed E-state index contributed by atoms with van der Waals surface area (Å²) in [5.41, 5.74) is 2.12. The van der Waals surface area contributed by atoms with Gasteiger partial charge in [0.05, 0.1) is 24.8 Å². The number of methoxy groups -OCH3 is 2. The quantitative estimate of drug-likeness (QED) is 0.475. The highest BCUT2D eigenvalue weighted by Gasteiger charge is 2.29. The van der Waals surface area contributed by atoms with Gasteiger partial charge in [0.25, 0.3) is 11.8 Å². The van der Waals surface area contributed by atoms with Crippen LogP contribution in [0.3, 0.4) is 0 Å². The van der Waals surface area contributed by atoms with Crippen LogP contribution >= 0.6 is 11.8 Å². The first-order valence-corrected chi connectivity index (χ1v) is 12.6. The minimum atomic E-state index is -0.131. The Bertz CT molecular complexity index is 1360.